The van der Waals surface area contributed by atoms with E-state index >= 15 is 0 Å². The zero-order valence-electron chi connectivity index (χ0n) is 31.2. The third kappa shape index (κ3) is 11.7. The van der Waals surface area contributed by atoms with Gasteiger partial charge in [0.05, 0.1) is 44.0 Å². The summed E-state index contributed by atoms with van der Waals surface area (Å²) in [6, 6.07) is 6.79. The minimum Gasteiger partial charge on any atom is -0.478 e. The molecule has 328 valence electrons. The molecule has 2 aromatic carbocycles. The van der Waals surface area contributed by atoms with Crippen LogP contribution in [0.25, 0.3) is 20.9 Å². The lowest BCUT2D eigenvalue weighted by Crippen LogP contribution is -2.70. The van der Waals surface area contributed by atoms with Gasteiger partial charge in [-0.25, -0.2) is 4.79 Å². The van der Waals surface area contributed by atoms with Crippen LogP contribution in [0.4, 0.5) is 11.4 Å². The van der Waals surface area contributed by atoms with Gasteiger partial charge in [0.2, 0.25) is 0 Å². The van der Waals surface area contributed by atoms with Gasteiger partial charge in [-0.1, -0.05) is 34.5 Å². The lowest BCUT2D eigenvalue weighted by molar-refractivity contribution is -0.351. The Morgan fingerprint density at radius 2 is 1.20 bits per heavy atom. The van der Waals surface area contributed by atoms with Crippen molar-refractivity contribution in [2.45, 2.75) is 91.9 Å². The Morgan fingerprint density at radius 3 is 1.70 bits per heavy atom. The zero-order valence-corrected chi connectivity index (χ0v) is 31.2. The summed E-state index contributed by atoms with van der Waals surface area (Å²) in [4.78, 5) is 39.8. The second-order valence-electron chi connectivity index (χ2n) is 13.3. The maximum Gasteiger partial charge on any atom is 0.335 e. The highest BCUT2D eigenvalue weighted by atomic mass is 16.7. The number of benzene rings is 2. The van der Waals surface area contributed by atoms with E-state index in [9.17, 15) is 55.2 Å². The fourth-order valence-electron chi connectivity index (χ4n) is 6.38. The van der Waals surface area contributed by atoms with Crippen LogP contribution in [0.3, 0.4) is 0 Å². The topological polar surface area (TPSA) is 427 Å². The summed E-state index contributed by atoms with van der Waals surface area (Å²) in [5, 5.41) is 104. The van der Waals surface area contributed by atoms with E-state index in [1.165, 1.54) is 48.5 Å². The van der Waals surface area contributed by atoms with Crippen molar-refractivity contribution >= 4 is 29.5 Å². The van der Waals surface area contributed by atoms with Crippen molar-refractivity contribution in [2.24, 2.45) is 16.0 Å². The number of aromatic carboxylic acids is 1. The number of hydrogen-bond acceptors (Lipinski definition) is 20. The number of azide groups is 2. The number of nitrogens with one attached hydrogen (secondary N) is 2. The van der Waals surface area contributed by atoms with E-state index in [0.29, 0.717) is 12.0 Å². The van der Waals surface area contributed by atoms with Crippen LogP contribution in [-0.2, 0) is 28.5 Å². The molecule has 2 aromatic rings. The largest absolute Gasteiger partial charge is 0.478 e. The smallest absolute Gasteiger partial charge is 0.335 e. The van der Waals surface area contributed by atoms with Crippen molar-refractivity contribution in [3.63, 3.8) is 0 Å². The van der Waals surface area contributed by atoms with Gasteiger partial charge in [-0.15, -0.1) is 0 Å². The molecule has 3 aliphatic rings. The Hall–Kier alpha value is -4.93. The predicted molar refractivity (Wildman–Crippen MR) is 198 cm³/mol. The van der Waals surface area contributed by atoms with Crippen molar-refractivity contribution < 1.29 is 84.0 Å². The Morgan fingerprint density at radius 1 is 0.717 bits per heavy atom. The second-order valence-corrected chi connectivity index (χ2v) is 13.3. The quantitative estimate of drug-likeness (QED) is 0.0365. The van der Waals surface area contributed by atoms with Crippen LogP contribution in [0, 0.1) is 0 Å². The molecule has 0 saturated carbocycles. The van der Waals surface area contributed by atoms with Gasteiger partial charge in [0.1, 0.15) is 67.3 Å². The van der Waals surface area contributed by atoms with Crippen molar-refractivity contribution in [1.82, 2.24) is 10.6 Å². The van der Waals surface area contributed by atoms with Gasteiger partial charge in [-0.3, -0.25) is 4.79 Å². The molecule has 60 heavy (non-hydrogen) atoms. The standard InChI is InChI=1S/C27H40N6O15.C7H5N3O2/c28-15-19(39)18(38)12(7-35)45-26(15)47-23-14(9-37)46-27(17(21(23)41)30-5-6-34)48-22-13(8-36)44-25(43)16(20(22)40)31-24(42)10-1-3-11(4-2-10)32-33-29;8-10-9-6-3-1-5(2-4-6)7(11)12/h1-4,6,12-23,25-27,30,35-41,43H,5,7-9,28H2,(H,31,42);1-4H,(H,11,12). The number of carbonyl (C=O) groups is 3. The van der Waals surface area contributed by atoms with E-state index in [1.807, 2.05) is 0 Å². The van der Waals surface area contributed by atoms with E-state index in [4.69, 9.17) is 45.6 Å². The Kier molecular flexibility index (Phi) is 18.0. The monoisotopic (exact) mass is 851 g/mol. The molecule has 15 atom stereocenters. The van der Waals surface area contributed by atoms with E-state index in [0.717, 1.165) is 0 Å². The zero-order chi connectivity index (χ0) is 44.1. The molecule has 5 rings (SSSR count). The summed E-state index contributed by atoms with van der Waals surface area (Å²) in [5.41, 5.74) is 23.4. The molecular weight excluding hydrogens is 806 g/mol. The summed E-state index contributed by atoms with van der Waals surface area (Å²) in [7, 11) is 0. The van der Waals surface area contributed by atoms with Gasteiger partial charge in [-0.2, -0.15) is 0 Å². The summed E-state index contributed by atoms with van der Waals surface area (Å²) < 4.78 is 28.5. The first kappa shape index (κ1) is 47.7. The Bertz CT molecular complexity index is 1800. The third-order valence-electron chi connectivity index (χ3n) is 9.54. The fourth-order valence-corrected chi connectivity index (χ4v) is 6.38. The van der Waals surface area contributed by atoms with Crippen LogP contribution in [0.15, 0.2) is 58.8 Å². The van der Waals surface area contributed by atoms with Gasteiger partial charge < -0.3 is 90.8 Å². The number of aliphatic hydroxyl groups excluding tert-OH is 8. The molecule has 26 nitrogen and oxygen atoms in total. The van der Waals surface area contributed by atoms with Crippen LogP contribution in [0.5, 0.6) is 0 Å². The van der Waals surface area contributed by atoms with Crippen LogP contribution >= 0.6 is 0 Å². The molecule has 3 heterocycles. The van der Waals surface area contributed by atoms with Crippen molar-refractivity contribution in [3.05, 3.63) is 80.5 Å². The van der Waals surface area contributed by atoms with Gasteiger partial charge in [-0.05, 0) is 35.3 Å². The van der Waals surface area contributed by atoms with Crippen LogP contribution in [0.1, 0.15) is 20.7 Å². The Labute approximate surface area is 338 Å². The summed E-state index contributed by atoms with van der Waals surface area (Å²) in [6.07, 6.45) is -18.2. The average molecular weight is 852 g/mol. The van der Waals surface area contributed by atoms with Gasteiger partial charge in [0, 0.05) is 26.8 Å². The first-order valence-electron chi connectivity index (χ1n) is 18.0. The fraction of sp³-hybridized carbons (Fsp3) is 0.559. The van der Waals surface area contributed by atoms with E-state index in [2.05, 4.69) is 30.7 Å². The van der Waals surface area contributed by atoms with Crippen molar-refractivity contribution in [1.29, 1.82) is 0 Å². The number of nitrogens with zero attached hydrogens (tertiary/aromatic N) is 6. The molecule has 0 aliphatic carbocycles. The highest BCUT2D eigenvalue weighted by Crippen LogP contribution is 2.32. The number of rotatable bonds is 15. The highest BCUT2D eigenvalue weighted by molar-refractivity contribution is 5.94. The SMILES string of the molecule is [N-]=[N+]=Nc1ccc(C(=O)NC2C(O)OC(CO)C(OC3OC(CO)C(OC4OC(CO)C(O)C(O)C4N)C(O)C3NCC=O)C2O)cc1.[N-]=[N+]=Nc1ccc(C(=O)O)cc1. The predicted octanol–water partition coefficient (Wildman–Crippen LogP) is -3.10. The van der Waals surface area contributed by atoms with E-state index in [-0.39, 0.29) is 23.4 Å². The number of hydrogen-bond donors (Lipinski definition) is 12. The van der Waals surface area contributed by atoms with E-state index in [1.54, 1.807) is 0 Å². The van der Waals surface area contributed by atoms with E-state index < -0.39 is 124 Å². The third-order valence-corrected chi connectivity index (χ3v) is 9.54. The number of aliphatic hydroxyl groups is 8. The normalized spacial score (nSPS) is 33.8. The minimum atomic E-state index is -1.83. The number of carbonyl (C=O) groups excluding carboxylic acids is 2. The summed E-state index contributed by atoms with van der Waals surface area (Å²) in [5.74, 6) is -1.77. The van der Waals surface area contributed by atoms with Crippen molar-refractivity contribution in [2.75, 3.05) is 26.4 Å². The number of amides is 1. The minimum absolute atomic E-state index is 0.0655. The molecular formula is C34H45N9O17. The van der Waals surface area contributed by atoms with Gasteiger partial charge in [0.15, 0.2) is 18.9 Å². The second kappa shape index (κ2) is 22.6. The van der Waals surface area contributed by atoms with Crippen molar-refractivity contribution in [3.8, 4) is 0 Å². The summed E-state index contributed by atoms with van der Waals surface area (Å²) in [6.45, 7) is -2.67. The molecule has 0 spiro atoms. The van der Waals surface area contributed by atoms with Gasteiger partial charge >= 0.3 is 5.97 Å². The molecule has 13 N–H and O–H groups in total. The molecule has 0 bridgehead atoms. The molecule has 3 aliphatic heterocycles. The molecule has 3 saturated heterocycles. The lowest BCUT2D eigenvalue weighted by atomic mass is 9.93. The van der Waals surface area contributed by atoms with Gasteiger partial charge in [0.25, 0.3) is 5.91 Å². The van der Waals surface area contributed by atoms with Crippen LogP contribution in [-0.4, -0.2) is 182 Å². The molecule has 1 amide bonds. The average Bonchev–Trinajstić information content (AvgIpc) is 3.24. The molecule has 3 fully saturated rings. The molecule has 26 heteroatoms. The number of carboxylic acids is 1. The number of aldehydes is 1. The summed E-state index contributed by atoms with van der Waals surface area (Å²) >= 11 is 0. The number of carboxylic acid groups (broad SMARTS) is 1. The first-order valence-corrected chi connectivity index (χ1v) is 18.0. The maximum absolute atomic E-state index is 12.9. The highest BCUT2D eigenvalue weighted by Gasteiger charge is 2.53. The van der Waals surface area contributed by atoms with Crippen LogP contribution < -0.4 is 16.4 Å². The van der Waals surface area contributed by atoms with Crippen LogP contribution in [0.2, 0.25) is 0 Å². The first-order chi connectivity index (χ1) is 28.7. The number of nitrogens with two attached hydrogens (primary N) is 1. The molecule has 15 unspecified atom stereocenters. The maximum atomic E-state index is 12.9. The molecule has 0 aromatic heterocycles. The molecule has 0 radical (unpaired) electrons. The number of ether oxygens (including phenoxy) is 5. The lowest BCUT2D eigenvalue weighted by Gasteiger charge is -2.49. The Balaban J connectivity index is 0.000000567.